The Kier molecular flexibility index (Phi) is 22.7. The van der Waals surface area contributed by atoms with Gasteiger partial charge in [-0.25, -0.2) is 0 Å². The van der Waals surface area contributed by atoms with Crippen molar-refractivity contribution < 1.29 is 10.2 Å². The van der Waals surface area contributed by atoms with E-state index in [9.17, 15) is 10.2 Å². The molecule has 2 N–H and O–H groups in total. The van der Waals surface area contributed by atoms with Gasteiger partial charge in [-0.05, 0) is 61.1 Å². The summed E-state index contributed by atoms with van der Waals surface area (Å²) in [6, 6.07) is 15.3. The number of unbranched alkanes of at least 4 members (excludes halogenated alkanes) is 18. The monoisotopic (exact) mass is 524 g/mol. The minimum Gasteiger partial charge on any atom is -0.508 e. The van der Waals surface area contributed by atoms with Crippen molar-refractivity contribution in [3.8, 4) is 11.5 Å². The number of aryl methyl sites for hydroxylation is 2. The van der Waals surface area contributed by atoms with Gasteiger partial charge in [0.25, 0.3) is 0 Å². The van der Waals surface area contributed by atoms with Crippen LogP contribution in [0.3, 0.4) is 0 Å². The summed E-state index contributed by atoms with van der Waals surface area (Å²) < 4.78 is 0. The van der Waals surface area contributed by atoms with E-state index in [4.69, 9.17) is 0 Å². The van der Waals surface area contributed by atoms with E-state index in [1.807, 2.05) is 24.3 Å². The number of hydrogen-bond acceptors (Lipinski definition) is 2. The van der Waals surface area contributed by atoms with Gasteiger partial charge in [0.1, 0.15) is 11.5 Å². The van der Waals surface area contributed by atoms with Crippen molar-refractivity contribution in [2.24, 2.45) is 0 Å². The summed E-state index contributed by atoms with van der Waals surface area (Å²) in [6.45, 7) is 4.54. The summed E-state index contributed by atoms with van der Waals surface area (Å²) in [5.41, 5.74) is 2.69. The quantitative estimate of drug-likeness (QED) is 0.150. The van der Waals surface area contributed by atoms with E-state index in [1.54, 1.807) is 24.3 Å². The highest BCUT2D eigenvalue weighted by molar-refractivity contribution is 5.26. The largest absolute Gasteiger partial charge is 0.508 e. The van der Waals surface area contributed by atoms with Crippen LogP contribution in [0.15, 0.2) is 48.5 Å². The number of phenolic OH excluding ortho intramolecular Hbond substituents is 2. The highest BCUT2D eigenvalue weighted by Crippen LogP contribution is 2.16. The molecule has 0 saturated heterocycles. The average Bonchev–Trinajstić information content (AvgIpc) is 2.93. The molecule has 0 bridgehead atoms. The predicted molar refractivity (Wildman–Crippen MR) is 167 cm³/mol. The van der Waals surface area contributed by atoms with Crippen LogP contribution in [0.5, 0.6) is 11.5 Å². The molecule has 0 heterocycles. The molecule has 0 spiro atoms. The molecule has 2 aromatic rings. The van der Waals surface area contributed by atoms with Gasteiger partial charge >= 0.3 is 0 Å². The fourth-order valence-electron chi connectivity index (χ4n) is 4.96. The van der Waals surface area contributed by atoms with Gasteiger partial charge < -0.3 is 10.2 Å². The summed E-state index contributed by atoms with van der Waals surface area (Å²) >= 11 is 0. The number of phenols is 2. The van der Waals surface area contributed by atoms with Crippen LogP contribution in [0.1, 0.15) is 153 Å². The molecular formula is C36H60O2. The van der Waals surface area contributed by atoms with Crippen molar-refractivity contribution in [3.05, 3.63) is 59.7 Å². The third-order valence-electron chi connectivity index (χ3n) is 7.51. The summed E-state index contributed by atoms with van der Waals surface area (Å²) in [6.07, 6.45) is 30.0. The molecule has 2 nitrogen and oxygen atoms in total. The second kappa shape index (κ2) is 25.3. The Balaban J connectivity index is 0.000000380. The molecule has 0 unspecified atom stereocenters. The number of aromatic hydroxyl groups is 2. The Morgan fingerprint density at radius 3 is 0.842 bits per heavy atom. The fourth-order valence-corrected chi connectivity index (χ4v) is 4.96. The van der Waals surface area contributed by atoms with Crippen LogP contribution in [0, 0.1) is 0 Å². The SMILES string of the molecule is CCCCCCCCCCCCc1ccc(O)cc1.CCCCCCCCCCCCc1ccc(O)cc1. The lowest BCUT2D eigenvalue weighted by atomic mass is 10.0. The maximum atomic E-state index is 9.20. The van der Waals surface area contributed by atoms with Crippen molar-refractivity contribution >= 4 is 0 Å². The van der Waals surface area contributed by atoms with Crippen LogP contribution >= 0.6 is 0 Å². The van der Waals surface area contributed by atoms with E-state index in [0.717, 1.165) is 12.8 Å². The summed E-state index contributed by atoms with van der Waals surface area (Å²) in [5, 5.41) is 18.4. The molecule has 0 aliphatic rings. The first kappa shape index (κ1) is 34.1. The van der Waals surface area contributed by atoms with Crippen molar-refractivity contribution in [2.75, 3.05) is 0 Å². The minimum absolute atomic E-state index is 0.367. The van der Waals surface area contributed by atoms with E-state index >= 15 is 0 Å². The molecule has 0 aromatic heterocycles. The van der Waals surface area contributed by atoms with Gasteiger partial charge in [0.05, 0.1) is 0 Å². The van der Waals surface area contributed by atoms with Crippen LogP contribution in [0.2, 0.25) is 0 Å². The van der Waals surface area contributed by atoms with E-state index in [0.29, 0.717) is 11.5 Å². The topological polar surface area (TPSA) is 40.5 Å². The van der Waals surface area contributed by atoms with E-state index in [2.05, 4.69) is 13.8 Å². The van der Waals surface area contributed by atoms with Gasteiger partial charge in [0.2, 0.25) is 0 Å². The molecule has 0 fully saturated rings. The summed E-state index contributed by atoms with van der Waals surface area (Å²) in [5.74, 6) is 0.735. The molecule has 0 atom stereocenters. The average molecular weight is 525 g/mol. The van der Waals surface area contributed by atoms with Crippen LogP contribution in [-0.4, -0.2) is 10.2 Å². The van der Waals surface area contributed by atoms with E-state index in [-0.39, 0.29) is 0 Å². The Hall–Kier alpha value is -1.96. The first-order chi connectivity index (χ1) is 18.7. The van der Waals surface area contributed by atoms with Crippen molar-refractivity contribution in [1.29, 1.82) is 0 Å². The normalized spacial score (nSPS) is 10.8. The zero-order valence-electron chi connectivity index (χ0n) is 25.1. The van der Waals surface area contributed by atoms with Crippen LogP contribution in [0.25, 0.3) is 0 Å². The van der Waals surface area contributed by atoms with E-state index in [1.165, 1.54) is 140 Å². The third-order valence-corrected chi connectivity index (χ3v) is 7.51. The maximum absolute atomic E-state index is 9.20. The first-order valence-electron chi connectivity index (χ1n) is 16.2. The lowest BCUT2D eigenvalue weighted by Gasteiger charge is -2.03. The molecule has 0 saturated carbocycles. The van der Waals surface area contributed by atoms with Crippen molar-refractivity contribution in [3.63, 3.8) is 0 Å². The Bertz CT molecular complexity index is 669. The van der Waals surface area contributed by atoms with E-state index < -0.39 is 0 Å². The van der Waals surface area contributed by atoms with Gasteiger partial charge in [-0.2, -0.15) is 0 Å². The van der Waals surface area contributed by atoms with Crippen LogP contribution in [-0.2, 0) is 12.8 Å². The molecule has 216 valence electrons. The first-order valence-corrected chi connectivity index (χ1v) is 16.2. The summed E-state index contributed by atoms with van der Waals surface area (Å²) in [4.78, 5) is 0. The van der Waals surface area contributed by atoms with Gasteiger partial charge in [0.15, 0.2) is 0 Å². The molecule has 0 aliphatic carbocycles. The minimum atomic E-state index is 0.367. The molecule has 0 amide bonds. The van der Waals surface area contributed by atoms with Crippen LogP contribution in [0.4, 0.5) is 0 Å². The molecule has 38 heavy (non-hydrogen) atoms. The second-order valence-corrected chi connectivity index (χ2v) is 11.2. The second-order valence-electron chi connectivity index (χ2n) is 11.2. The lowest BCUT2D eigenvalue weighted by molar-refractivity contribution is 0.474. The zero-order valence-corrected chi connectivity index (χ0v) is 25.1. The van der Waals surface area contributed by atoms with Gasteiger partial charge in [-0.1, -0.05) is 154 Å². The predicted octanol–water partition coefficient (Wildman–Crippen LogP) is 11.7. The highest BCUT2D eigenvalue weighted by Gasteiger charge is 1.97. The van der Waals surface area contributed by atoms with Crippen molar-refractivity contribution in [2.45, 2.75) is 155 Å². The Morgan fingerprint density at radius 2 is 0.579 bits per heavy atom. The smallest absolute Gasteiger partial charge is 0.115 e. The highest BCUT2D eigenvalue weighted by atomic mass is 16.3. The summed E-state index contributed by atoms with van der Waals surface area (Å²) in [7, 11) is 0. The Morgan fingerprint density at radius 1 is 0.342 bits per heavy atom. The zero-order chi connectivity index (χ0) is 27.5. The van der Waals surface area contributed by atoms with Gasteiger partial charge in [0, 0.05) is 0 Å². The Labute approximate surface area is 236 Å². The maximum Gasteiger partial charge on any atom is 0.115 e. The molecule has 0 radical (unpaired) electrons. The number of benzene rings is 2. The fraction of sp³-hybridized carbons (Fsp3) is 0.667. The molecule has 2 heteroatoms. The molecular weight excluding hydrogens is 464 g/mol. The number of rotatable bonds is 22. The van der Waals surface area contributed by atoms with Gasteiger partial charge in [-0.15, -0.1) is 0 Å². The molecule has 2 rings (SSSR count). The third kappa shape index (κ3) is 21.0. The standard InChI is InChI=1S/2C18H30O/c2*1-2-3-4-5-6-7-8-9-10-11-12-17-13-15-18(19)16-14-17/h2*13-16,19H,2-12H2,1H3. The van der Waals surface area contributed by atoms with Crippen molar-refractivity contribution in [1.82, 2.24) is 0 Å². The number of hydrogen-bond donors (Lipinski definition) is 2. The van der Waals surface area contributed by atoms with Crippen LogP contribution < -0.4 is 0 Å². The lowest BCUT2D eigenvalue weighted by Crippen LogP contribution is -1.86. The molecule has 0 aliphatic heterocycles. The molecule has 2 aromatic carbocycles. The van der Waals surface area contributed by atoms with Gasteiger partial charge in [-0.3, -0.25) is 0 Å².